The van der Waals surface area contributed by atoms with E-state index < -0.39 is 16.7 Å². The molecule has 21 heavy (non-hydrogen) atoms. The summed E-state index contributed by atoms with van der Waals surface area (Å²) in [5.41, 5.74) is 2.37. The van der Waals surface area contributed by atoms with Crippen LogP contribution in [0.4, 0.5) is 5.88 Å². The molecule has 7 nitrogen and oxygen atoms in total. The number of hydrazone groups is 1. The Kier molecular flexibility index (Phi) is 4.56. The molecule has 0 fully saturated rings. The number of halogens is 2. The highest BCUT2D eigenvalue weighted by Gasteiger charge is 2.11. The smallest absolute Gasteiger partial charge is 0.400 e. The minimum absolute atomic E-state index is 0.124. The number of nitro groups is 1. The summed E-state index contributed by atoms with van der Waals surface area (Å²) in [5.74, 6) is -0.861. The lowest BCUT2D eigenvalue weighted by Crippen LogP contribution is -2.18. The van der Waals surface area contributed by atoms with Gasteiger partial charge in [-0.25, -0.2) is 5.43 Å². The zero-order chi connectivity index (χ0) is 15.4. The number of rotatable bonds is 4. The van der Waals surface area contributed by atoms with Crippen molar-refractivity contribution in [2.75, 3.05) is 0 Å². The highest BCUT2D eigenvalue weighted by molar-refractivity contribution is 6.35. The second-order valence-electron chi connectivity index (χ2n) is 3.76. The molecule has 0 unspecified atom stereocenters. The van der Waals surface area contributed by atoms with Gasteiger partial charge in [-0.05, 0) is 24.3 Å². The van der Waals surface area contributed by atoms with E-state index in [1.807, 2.05) is 0 Å². The van der Waals surface area contributed by atoms with Crippen LogP contribution in [0, 0.1) is 10.1 Å². The Balaban J connectivity index is 2.04. The zero-order valence-corrected chi connectivity index (χ0v) is 11.8. The van der Waals surface area contributed by atoms with E-state index in [2.05, 4.69) is 10.5 Å². The highest BCUT2D eigenvalue weighted by atomic mass is 35.5. The lowest BCUT2D eigenvalue weighted by molar-refractivity contribution is -0.402. The largest absolute Gasteiger partial charge is 0.433 e. The third-order valence-electron chi connectivity index (χ3n) is 2.32. The molecule has 1 amide bonds. The molecule has 0 atom stereocenters. The molecule has 1 aromatic heterocycles. The maximum absolute atomic E-state index is 11.8. The Labute approximate surface area is 128 Å². The van der Waals surface area contributed by atoms with E-state index in [-0.39, 0.29) is 16.3 Å². The zero-order valence-electron chi connectivity index (χ0n) is 10.2. The average Bonchev–Trinajstić information content (AvgIpc) is 2.90. The quantitative estimate of drug-likeness (QED) is 0.529. The molecule has 0 aliphatic rings. The number of benzene rings is 1. The van der Waals surface area contributed by atoms with Gasteiger partial charge in [-0.15, -0.1) is 0 Å². The van der Waals surface area contributed by atoms with E-state index in [0.717, 1.165) is 6.21 Å². The van der Waals surface area contributed by atoms with E-state index >= 15 is 0 Å². The van der Waals surface area contributed by atoms with E-state index in [1.54, 1.807) is 6.07 Å². The predicted molar refractivity (Wildman–Crippen MR) is 76.9 cm³/mol. The number of furan rings is 1. The highest BCUT2D eigenvalue weighted by Crippen LogP contribution is 2.20. The molecule has 9 heteroatoms. The van der Waals surface area contributed by atoms with Gasteiger partial charge < -0.3 is 4.42 Å². The first-order chi connectivity index (χ1) is 9.97. The summed E-state index contributed by atoms with van der Waals surface area (Å²) in [7, 11) is 0. The Bertz CT molecular complexity index is 727. The molecule has 0 aliphatic heterocycles. The van der Waals surface area contributed by atoms with Gasteiger partial charge in [0.25, 0.3) is 5.91 Å². The molecule has 0 radical (unpaired) electrons. The monoisotopic (exact) mass is 327 g/mol. The van der Waals surface area contributed by atoms with E-state index in [4.69, 9.17) is 27.6 Å². The van der Waals surface area contributed by atoms with Crippen molar-refractivity contribution in [2.24, 2.45) is 5.10 Å². The minimum Gasteiger partial charge on any atom is -0.400 e. The Morgan fingerprint density at radius 2 is 2.10 bits per heavy atom. The van der Waals surface area contributed by atoms with Gasteiger partial charge in [0, 0.05) is 5.02 Å². The second-order valence-corrected chi connectivity index (χ2v) is 4.60. The predicted octanol–water partition coefficient (Wildman–Crippen LogP) is 3.26. The van der Waals surface area contributed by atoms with Crippen LogP contribution in [-0.4, -0.2) is 17.0 Å². The summed E-state index contributed by atoms with van der Waals surface area (Å²) in [6, 6.07) is 6.95. The molecule has 2 rings (SSSR count). The number of nitrogens with zero attached hydrogens (tertiary/aromatic N) is 2. The maximum atomic E-state index is 11.8. The van der Waals surface area contributed by atoms with Gasteiger partial charge in [0.2, 0.25) is 0 Å². The molecule has 1 aromatic carbocycles. The van der Waals surface area contributed by atoms with Gasteiger partial charge in [-0.2, -0.15) is 5.10 Å². The van der Waals surface area contributed by atoms with Crippen molar-refractivity contribution in [1.82, 2.24) is 5.43 Å². The SMILES string of the molecule is O=C(NN=Cc1ccc([N+](=O)[O-])o1)c1cc(Cl)ccc1Cl. The van der Waals surface area contributed by atoms with Gasteiger partial charge in [0.05, 0.1) is 22.9 Å². The molecule has 0 saturated heterocycles. The molecule has 0 saturated carbocycles. The van der Waals surface area contributed by atoms with Gasteiger partial charge in [0.1, 0.15) is 4.92 Å². The van der Waals surface area contributed by atoms with Gasteiger partial charge in [-0.3, -0.25) is 14.9 Å². The van der Waals surface area contributed by atoms with Crippen LogP contribution in [0.5, 0.6) is 0 Å². The molecule has 0 spiro atoms. The first-order valence-electron chi connectivity index (χ1n) is 5.50. The summed E-state index contributed by atoms with van der Waals surface area (Å²) in [6.07, 6.45) is 1.13. The fourth-order valence-electron chi connectivity index (χ4n) is 1.40. The van der Waals surface area contributed by atoms with Crippen molar-refractivity contribution in [3.8, 4) is 0 Å². The van der Waals surface area contributed by atoms with Crippen LogP contribution in [0.3, 0.4) is 0 Å². The van der Waals surface area contributed by atoms with Gasteiger partial charge >= 0.3 is 5.88 Å². The third-order valence-corrected chi connectivity index (χ3v) is 2.89. The Morgan fingerprint density at radius 3 is 2.76 bits per heavy atom. The van der Waals surface area contributed by atoms with E-state index in [9.17, 15) is 14.9 Å². The van der Waals surface area contributed by atoms with Crippen LogP contribution in [-0.2, 0) is 0 Å². The summed E-state index contributed by atoms with van der Waals surface area (Å²) in [6.45, 7) is 0. The number of amides is 1. The maximum Gasteiger partial charge on any atom is 0.433 e. The van der Waals surface area contributed by atoms with Crippen molar-refractivity contribution in [3.63, 3.8) is 0 Å². The Morgan fingerprint density at radius 1 is 1.33 bits per heavy atom. The molecule has 2 aromatic rings. The van der Waals surface area contributed by atoms with Crippen molar-refractivity contribution in [3.05, 3.63) is 61.8 Å². The van der Waals surface area contributed by atoms with Gasteiger partial charge in [-0.1, -0.05) is 23.2 Å². The lowest BCUT2D eigenvalue weighted by atomic mass is 10.2. The van der Waals surface area contributed by atoms with Crippen molar-refractivity contribution in [1.29, 1.82) is 0 Å². The summed E-state index contributed by atoms with van der Waals surface area (Å²) in [4.78, 5) is 21.6. The average molecular weight is 328 g/mol. The fourth-order valence-corrected chi connectivity index (χ4v) is 1.77. The van der Waals surface area contributed by atoms with Crippen LogP contribution in [0.15, 0.2) is 39.9 Å². The minimum atomic E-state index is -0.679. The third kappa shape index (κ3) is 3.80. The molecular formula is C12H7Cl2N3O4. The number of nitrogens with one attached hydrogen (secondary N) is 1. The van der Waals surface area contributed by atoms with Crippen molar-refractivity contribution < 1.29 is 14.1 Å². The van der Waals surface area contributed by atoms with Gasteiger partial charge in [0.15, 0.2) is 5.76 Å². The van der Waals surface area contributed by atoms with E-state index in [0.29, 0.717) is 5.02 Å². The standard InChI is InChI=1S/C12H7Cl2N3O4/c13-7-1-3-10(14)9(5-7)12(18)16-15-6-8-2-4-11(21-8)17(19)20/h1-6H,(H,16,18). The molecule has 0 aliphatic carbocycles. The molecule has 1 N–H and O–H groups in total. The number of carbonyl (C=O) groups is 1. The normalized spacial score (nSPS) is 10.8. The summed E-state index contributed by atoms with van der Waals surface area (Å²) < 4.78 is 4.83. The topological polar surface area (TPSA) is 97.7 Å². The summed E-state index contributed by atoms with van der Waals surface area (Å²) >= 11 is 11.6. The van der Waals surface area contributed by atoms with Crippen LogP contribution >= 0.6 is 23.2 Å². The lowest BCUT2D eigenvalue weighted by Gasteiger charge is -2.02. The van der Waals surface area contributed by atoms with Crippen LogP contribution in [0.2, 0.25) is 10.0 Å². The summed E-state index contributed by atoms with van der Waals surface area (Å²) in [5, 5.41) is 14.6. The van der Waals surface area contributed by atoms with E-state index in [1.165, 1.54) is 24.3 Å². The van der Waals surface area contributed by atoms with Crippen LogP contribution in [0.1, 0.15) is 16.1 Å². The second kappa shape index (κ2) is 6.38. The van der Waals surface area contributed by atoms with Crippen molar-refractivity contribution in [2.45, 2.75) is 0 Å². The van der Waals surface area contributed by atoms with Crippen LogP contribution in [0.25, 0.3) is 0 Å². The van der Waals surface area contributed by atoms with Crippen LogP contribution < -0.4 is 5.43 Å². The number of hydrogen-bond acceptors (Lipinski definition) is 5. The number of hydrogen-bond donors (Lipinski definition) is 1. The Hall–Kier alpha value is -2.38. The van der Waals surface area contributed by atoms with Crippen molar-refractivity contribution >= 4 is 41.2 Å². The molecular weight excluding hydrogens is 321 g/mol. The molecule has 108 valence electrons. The number of carbonyl (C=O) groups excluding carboxylic acids is 1. The molecule has 1 heterocycles. The first-order valence-corrected chi connectivity index (χ1v) is 6.25. The first kappa shape index (κ1) is 15.0. The fraction of sp³-hybridized carbons (Fsp3) is 0. The molecule has 0 bridgehead atoms.